The Balaban J connectivity index is 2.37. The summed E-state index contributed by atoms with van der Waals surface area (Å²) in [7, 11) is 3.44. The number of carbonyl (C=O) groups is 1. The summed E-state index contributed by atoms with van der Waals surface area (Å²) in [5.74, 6) is -0.113. The molecule has 0 spiro atoms. The lowest BCUT2D eigenvalue weighted by atomic mass is 10.0. The fraction of sp³-hybridized carbons (Fsp3) is 0.733. The van der Waals surface area contributed by atoms with Gasteiger partial charge in [0, 0.05) is 7.05 Å². The first kappa shape index (κ1) is 15.8. The van der Waals surface area contributed by atoms with Crippen molar-refractivity contribution in [1.82, 2.24) is 14.7 Å². The summed E-state index contributed by atoms with van der Waals surface area (Å²) >= 11 is 0. The predicted molar refractivity (Wildman–Crippen MR) is 79.5 cm³/mol. The number of aliphatic carboxylic acids is 1. The van der Waals surface area contributed by atoms with Gasteiger partial charge in [-0.1, -0.05) is 12.8 Å². The molecular formula is C15H25N3O3. The highest BCUT2D eigenvalue weighted by molar-refractivity contribution is 5.68. The highest BCUT2D eigenvalue weighted by Gasteiger charge is 2.30. The van der Waals surface area contributed by atoms with Crippen LogP contribution in [0.5, 0.6) is 5.88 Å². The van der Waals surface area contributed by atoms with Gasteiger partial charge < -0.3 is 9.84 Å². The molecule has 0 bridgehead atoms. The summed E-state index contributed by atoms with van der Waals surface area (Å²) in [5.41, 5.74) is 1.77. The molecule has 1 aliphatic heterocycles. The highest BCUT2D eigenvalue weighted by atomic mass is 16.5. The number of likely N-dealkylation sites (tertiary alicyclic amines) is 1. The Bertz CT molecular complexity index is 491. The summed E-state index contributed by atoms with van der Waals surface area (Å²) in [5, 5.41) is 13.7. The lowest BCUT2D eigenvalue weighted by Gasteiger charge is -2.30. The number of hydrogen-bond acceptors (Lipinski definition) is 4. The summed E-state index contributed by atoms with van der Waals surface area (Å²) in [6, 6.07) is -0.163. The second-order valence-corrected chi connectivity index (χ2v) is 5.70. The van der Waals surface area contributed by atoms with E-state index in [1.165, 1.54) is 12.8 Å². The maximum atomic E-state index is 11.3. The monoisotopic (exact) mass is 295 g/mol. The van der Waals surface area contributed by atoms with Gasteiger partial charge in [-0.2, -0.15) is 5.10 Å². The van der Waals surface area contributed by atoms with Crippen LogP contribution in [0.2, 0.25) is 0 Å². The van der Waals surface area contributed by atoms with E-state index in [1.807, 2.05) is 14.0 Å². The predicted octanol–water partition coefficient (Wildman–Crippen LogP) is 2.13. The lowest BCUT2D eigenvalue weighted by molar-refractivity contribution is -0.138. The second kappa shape index (κ2) is 6.93. The van der Waals surface area contributed by atoms with Crippen molar-refractivity contribution in [3.63, 3.8) is 0 Å². The van der Waals surface area contributed by atoms with E-state index in [-0.39, 0.29) is 12.5 Å². The molecule has 0 aromatic carbocycles. The van der Waals surface area contributed by atoms with Gasteiger partial charge >= 0.3 is 5.97 Å². The molecule has 1 aromatic heterocycles. The SMILES string of the molecule is COc1c(C(CC(=O)O)N2CCCCCC2)c(C)nn1C. The Labute approximate surface area is 125 Å². The molecule has 21 heavy (non-hydrogen) atoms. The first-order chi connectivity index (χ1) is 10.0. The van der Waals surface area contributed by atoms with E-state index in [0.29, 0.717) is 5.88 Å². The van der Waals surface area contributed by atoms with Crippen LogP contribution < -0.4 is 4.74 Å². The number of ether oxygens (including phenoxy) is 1. The van der Waals surface area contributed by atoms with Crippen molar-refractivity contribution in [3.8, 4) is 5.88 Å². The molecule has 6 heteroatoms. The Kier molecular flexibility index (Phi) is 5.22. The lowest BCUT2D eigenvalue weighted by Crippen LogP contribution is -2.32. The molecule has 0 saturated carbocycles. The minimum Gasteiger partial charge on any atom is -0.481 e. The number of rotatable bonds is 5. The molecule has 6 nitrogen and oxygen atoms in total. The van der Waals surface area contributed by atoms with Crippen molar-refractivity contribution in [3.05, 3.63) is 11.3 Å². The van der Waals surface area contributed by atoms with Crippen molar-refractivity contribution < 1.29 is 14.6 Å². The average Bonchev–Trinajstić information content (AvgIpc) is 2.61. The Morgan fingerprint density at radius 1 is 1.33 bits per heavy atom. The van der Waals surface area contributed by atoms with Crippen molar-refractivity contribution in [2.45, 2.75) is 45.1 Å². The Morgan fingerprint density at radius 2 is 1.95 bits per heavy atom. The fourth-order valence-electron chi connectivity index (χ4n) is 3.27. The fourth-order valence-corrected chi connectivity index (χ4v) is 3.27. The van der Waals surface area contributed by atoms with Gasteiger partial charge in [-0.3, -0.25) is 9.69 Å². The maximum absolute atomic E-state index is 11.3. The van der Waals surface area contributed by atoms with Crippen LogP contribution in [-0.4, -0.2) is 46.0 Å². The standard InChI is InChI=1S/C15H25N3O3/c1-11-14(15(21-3)17(2)16-11)12(10-13(19)20)18-8-6-4-5-7-9-18/h12H,4-10H2,1-3H3,(H,19,20). The van der Waals surface area contributed by atoms with E-state index in [1.54, 1.807) is 11.8 Å². The first-order valence-electron chi connectivity index (χ1n) is 7.58. The van der Waals surface area contributed by atoms with E-state index in [2.05, 4.69) is 10.00 Å². The molecular weight excluding hydrogens is 270 g/mol. The second-order valence-electron chi connectivity index (χ2n) is 5.70. The van der Waals surface area contributed by atoms with Crippen LogP contribution in [0.15, 0.2) is 0 Å². The number of carboxylic acid groups (broad SMARTS) is 1. The van der Waals surface area contributed by atoms with E-state index in [4.69, 9.17) is 4.74 Å². The van der Waals surface area contributed by atoms with E-state index < -0.39 is 5.97 Å². The first-order valence-corrected chi connectivity index (χ1v) is 7.58. The number of aryl methyl sites for hydroxylation is 2. The van der Waals surface area contributed by atoms with Gasteiger partial charge in [0.15, 0.2) is 0 Å². The van der Waals surface area contributed by atoms with E-state index in [0.717, 1.165) is 37.2 Å². The average molecular weight is 295 g/mol. The highest BCUT2D eigenvalue weighted by Crippen LogP contribution is 2.35. The Hall–Kier alpha value is -1.56. The molecule has 1 N–H and O–H groups in total. The zero-order chi connectivity index (χ0) is 15.4. The molecule has 1 saturated heterocycles. The third-order valence-electron chi connectivity index (χ3n) is 4.19. The van der Waals surface area contributed by atoms with Crippen LogP contribution in [0.1, 0.15) is 49.4 Å². The Morgan fingerprint density at radius 3 is 2.48 bits per heavy atom. The molecule has 1 unspecified atom stereocenters. The largest absolute Gasteiger partial charge is 0.481 e. The summed E-state index contributed by atoms with van der Waals surface area (Å²) in [6.45, 7) is 3.80. The number of nitrogens with zero attached hydrogens (tertiary/aromatic N) is 3. The molecule has 1 atom stereocenters. The van der Waals surface area contributed by atoms with Gasteiger partial charge in [0.05, 0.1) is 30.8 Å². The number of carboxylic acids is 1. The van der Waals surface area contributed by atoms with Crippen molar-refractivity contribution in [2.75, 3.05) is 20.2 Å². The van der Waals surface area contributed by atoms with Crippen LogP contribution in [0.25, 0.3) is 0 Å². The van der Waals surface area contributed by atoms with Gasteiger partial charge in [-0.15, -0.1) is 0 Å². The molecule has 0 amide bonds. The number of methoxy groups -OCH3 is 1. The third kappa shape index (κ3) is 3.56. The molecule has 1 fully saturated rings. The van der Waals surface area contributed by atoms with Gasteiger partial charge in [-0.05, 0) is 32.9 Å². The zero-order valence-electron chi connectivity index (χ0n) is 13.1. The van der Waals surface area contributed by atoms with Crippen molar-refractivity contribution in [2.24, 2.45) is 7.05 Å². The number of hydrogen-bond donors (Lipinski definition) is 1. The van der Waals surface area contributed by atoms with Gasteiger partial charge in [0.2, 0.25) is 5.88 Å². The molecule has 1 aromatic rings. The molecule has 2 heterocycles. The number of aromatic nitrogens is 2. The smallest absolute Gasteiger partial charge is 0.305 e. The summed E-state index contributed by atoms with van der Waals surface area (Å²) in [6.07, 6.45) is 4.78. The zero-order valence-corrected chi connectivity index (χ0v) is 13.1. The summed E-state index contributed by atoms with van der Waals surface area (Å²) in [4.78, 5) is 13.6. The molecule has 0 radical (unpaired) electrons. The third-order valence-corrected chi connectivity index (χ3v) is 4.19. The van der Waals surface area contributed by atoms with Gasteiger partial charge in [0.25, 0.3) is 0 Å². The topological polar surface area (TPSA) is 67.6 Å². The minimum absolute atomic E-state index is 0.0862. The van der Waals surface area contributed by atoms with E-state index in [9.17, 15) is 9.90 Å². The van der Waals surface area contributed by atoms with Crippen LogP contribution >= 0.6 is 0 Å². The van der Waals surface area contributed by atoms with Crippen LogP contribution in [0, 0.1) is 6.92 Å². The van der Waals surface area contributed by atoms with E-state index >= 15 is 0 Å². The molecule has 0 aliphatic carbocycles. The van der Waals surface area contributed by atoms with Gasteiger partial charge in [-0.25, -0.2) is 4.68 Å². The van der Waals surface area contributed by atoms with Gasteiger partial charge in [0.1, 0.15) is 0 Å². The quantitative estimate of drug-likeness (QED) is 0.901. The van der Waals surface area contributed by atoms with Crippen molar-refractivity contribution >= 4 is 5.97 Å². The molecule has 2 rings (SSSR count). The van der Waals surface area contributed by atoms with Crippen LogP contribution in [0.3, 0.4) is 0 Å². The van der Waals surface area contributed by atoms with Crippen molar-refractivity contribution in [1.29, 1.82) is 0 Å². The maximum Gasteiger partial charge on any atom is 0.305 e. The van der Waals surface area contributed by atoms with Crippen LogP contribution in [-0.2, 0) is 11.8 Å². The normalized spacial score (nSPS) is 18.2. The van der Waals surface area contributed by atoms with Crippen LogP contribution in [0.4, 0.5) is 0 Å². The summed E-state index contributed by atoms with van der Waals surface area (Å²) < 4.78 is 7.15. The minimum atomic E-state index is -0.783. The molecule has 118 valence electrons. The molecule has 1 aliphatic rings.